The standard InChI is InChI=1S/C51H44FN4O.Pt/c1-33-25-49(53-31-44(33)34-19-21-37(52)22-20-34)56-45-16-9-8-15-42(45)43-24-23-41(30-48(43)56)57-40-14-12-13-38(29-40)54-32-55(47-18-11-10-17-46(47)54)39-27-35(50(2,3)4)26-36(28-39)51(5,6)7;/h8-28,31-32H,1-7H3;/q-3;. The molecule has 0 bridgehead atoms. The molecule has 0 amide bonds. The fourth-order valence-electron chi connectivity index (χ4n) is 7.65. The molecule has 0 N–H and O–H groups in total. The number of fused-ring (bicyclic) bond motifs is 4. The quantitative estimate of drug-likeness (QED) is 0.156. The number of aryl methyl sites for hydroxylation is 1. The van der Waals surface area contributed by atoms with Crippen LogP contribution in [0.2, 0.25) is 0 Å². The zero-order chi connectivity index (χ0) is 39.6. The Morgan fingerprint density at radius 3 is 2.00 bits per heavy atom. The van der Waals surface area contributed by atoms with Gasteiger partial charge in [0, 0.05) is 66.9 Å². The first-order valence-electron chi connectivity index (χ1n) is 19.4. The molecule has 9 rings (SSSR count). The largest absolute Gasteiger partial charge is 0.509 e. The summed E-state index contributed by atoms with van der Waals surface area (Å²) in [6.07, 6.45) is 1.86. The van der Waals surface area contributed by atoms with E-state index in [-0.39, 0.29) is 37.7 Å². The van der Waals surface area contributed by atoms with Crippen molar-refractivity contribution in [2.75, 3.05) is 9.80 Å². The van der Waals surface area contributed by atoms with Crippen molar-refractivity contribution < 1.29 is 30.2 Å². The maximum absolute atomic E-state index is 13.7. The minimum Gasteiger partial charge on any atom is -0.509 e. The van der Waals surface area contributed by atoms with Crippen molar-refractivity contribution in [3.05, 3.63) is 175 Å². The molecule has 0 fully saturated rings. The molecule has 294 valence electrons. The van der Waals surface area contributed by atoms with E-state index in [0.29, 0.717) is 11.5 Å². The predicted molar refractivity (Wildman–Crippen MR) is 232 cm³/mol. The maximum atomic E-state index is 13.7. The summed E-state index contributed by atoms with van der Waals surface area (Å²) in [5.74, 6) is 1.66. The molecule has 3 heterocycles. The van der Waals surface area contributed by atoms with Gasteiger partial charge in [0.15, 0.2) is 0 Å². The molecule has 6 aromatic carbocycles. The zero-order valence-corrected chi connectivity index (χ0v) is 35.9. The van der Waals surface area contributed by atoms with Crippen LogP contribution in [0, 0.1) is 31.5 Å². The van der Waals surface area contributed by atoms with Gasteiger partial charge in [0.1, 0.15) is 11.6 Å². The van der Waals surface area contributed by atoms with Crippen LogP contribution in [0.3, 0.4) is 0 Å². The van der Waals surface area contributed by atoms with Crippen LogP contribution in [0.15, 0.2) is 134 Å². The first kappa shape index (κ1) is 39.1. The summed E-state index contributed by atoms with van der Waals surface area (Å²) < 4.78 is 22.4. The Kier molecular flexibility index (Phi) is 10.1. The third-order valence-electron chi connectivity index (χ3n) is 10.8. The Labute approximate surface area is 355 Å². The van der Waals surface area contributed by atoms with Crippen LogP contribution < -0.4 is 14.5 Å². The first-order valence-corrected chi connectivity index (χ1v) is 19.4. The molecule has 0 saturated heterocycles. The molecule has 0 radical (unpaired) electrons. The van der Waals surface area contributed by atoms with Crippen molar-refractivity contribution in [1.29, 1.82) is 0 Å². The van der Waals surface area contributed by atoms with E-state index in [9.17, 15) is 4.39 Å². The number of anilines is 4. The number of pyridine rings is 1. The van der Waals surface area contributed by atoms with Gasteiger partial charge in [0.05, 0.1) is 0 Å². The Morgan fingerprint density at radius 1 is 0.655 bits per heavy atom. The van der Waals surface area contributed by atoms with Gasteiger partial charge in [-0.25, -0.2) is 9.37 Å². The number of halogens is 1. The van der Waals surface area contributed by atoms with E-state index in [1.807, 2.05) is 36.5 Å². The number of ether oxygens (including phenoxy) is 1. The molecule has 0 spiro atoms. The third kappa shape index (κ3) is 7.20. The second-order valence-electron chi connectivity index (χ2n) is 16.9. The Balaban J connectivity index is 0.00000469. The summed E-state index contributed by atoms with van der Waals surface area (Å²) in [5.41, 5.74) is 11.5. The summed E-state index contributed by atoms with van der Waals surface area (Å²) in [5, 5.41) is 2.15. The summed E-state index contributed by atoms with van der Waals surface area (Å²) >= 11 is 0. The van der Waals surface area contributed by atoms with Crippen LogP contribution in [-0.2, 0) is 31.9 Å². The Hall–Kier alpha value is -5.71. The predicted octanol–water partition coefficient (Wildman–Crippen LogP) is 13.7. The van der Waals surface area contributed by atoms with E-state index < -0.39 is 0 Å². The van der Waals surface area contributed by atoms with Crippen LogP contribution in [-0.4, -0.2) is 9.55 Å². The second-order valence-corrected chi connectivity index (χ2v) is 16.9. The van der Waals surface area contributed by atoms with Gasteiger partial charge in [0.25, 0.3) is 0 Å². The second kappa shape index (κ2) is 14.9. The monoisotopic (exact) mass is 942 g/mol. The molecule has 1 aliphatic heterocycles. The van der Waals surface area contributed by atoms with Gasteiger partial charge in [-0.15, -0.1) is 48.1 Å². The topological polar surface area (TPSA) is 33.5 Å². The summed E-state index contributed by atoms with van der Waals surface area (Å²) in [7, 11) is 0. The Bertz CT molecular complexity index is 2780. The van der Waals surface area contributed by atoms with E-state index in [2.05, 4.69) is 154 Å². The zero-order valence-electron chi connectivity index (χ0n) is 33.7. The first-order chi connectivity index (χ1) is 27.3. The van der Waals surface area contributed by atoms with E-state index in [0.717, 1.165) is 67.1 Å². The van der Waals surface area contributed by atoms with E-state index >= 15 is 0 Å². The number of benzene rings is 6. The molecular weight excluding hydrogens is 899 g/mol. The average molecular weight is 943 g/mol. The molecule has 0 saturated carbocycles. The normalized spacial score (nSPS) is 12.9. The molecule has 5 nitrogen and oxygen atoms in total. The minimum absolute atomic E-state index is 0. The van der Waals surface area contributed by atoms with Crippen molar-refractivity contribution in [3.8, 4) is 28.4 Å². The van der Waals surface area contributed by atoms with Crippen molar-refractivity contribution >= 4 is 44.6 Å². The van der Waals surface area contributed by atoms with Gasteiger partial charge in [-0.05, 0) is 93.9 Å². The third-order valence-corrected chi connectivity index (χ3v) is 10.8. The van der Waals surface area contributed by atoms with Crippen LogP contribution in [0.1, 0.15) is 58.2 Å². The van der Waals surface area contributed by atoms with E-state index in [4.69, 9.17) is 9.72 Å². The van der Waals surface area contributed by atoms with Gasteiger partial charge in [-0.3, -0.25) is 0 Å². The molecular formula is C51H44FN4OPt-3. The van der Waals surface area contributed by atoms with Gasteiger partial charge in [-0.1, -0.05) is 95.6 Å². The van der Waals surface area contributed by atoms with Crippen molar-refractivity contribution in [2.24, 2.45) is 0 Å². The fourth-order valence-corrected chi connectivity index (χ4v) is 7.65. The molecule has 58 heavy (non-hydrogen) atoms. The minimum atomic E-state index is -0.261. The van der Waals surface area contributed by atoms with Crippen LogP contribution in [0.5, 0.6) is 11.5 Å². The fraction of sp³-hybridized carbons (Fsp3) is 0.176. The average Bonchev–Trinajstić information content (AvgIpc) is 3.74. The summed E-state index contributed by atoms with van der Waals surface area (Å²) in [6.45, 7) is 17.8. The van der Waals surface area contributed by atoms with Gasteiger partial charge < -0.3 is 19.1 Å². The molecule has 7 heteroatoms. The SMILES string of the molecule is Cc1cc(-n2c3[c-]c(Oc4[c-]c(N5[CH-]N(c6cc(C(C)(C)C)cc(C(C)(C)C)c6)c6ccccc65)ccc4)ccc3c3ccccc32)ncc1-c1ccc(F)cc1.[Pt]. The maximum Gasteiger partial charge on any atom is 0.135 e. The number of rotatable bonds is 6. The molecule has 0 atom stereocenters. The number of hydrogen-bond acceptors (Lipinski definition) is 4. The van der Waals surface area contributed by atoms with Gasteiger partial charge in [-0.2, -0.15) is 12.1 Å². The smallest absolute Gasteiger partial charge is 0.135 e. The number of hydrogen-bond donors (Lipinski definition) is 0. The summed E-state index contributed by atoms with van der Waals surface area (Å²) in [4.78, 5) is 9.38. The molecule has 0 unspecified atom stereocenters. The number of para-hydroxylation sites is 3. The van der Waals surface area contributed by atoms with Gasteiger partial charge in [0.2, 0.25) is 0 Å². The van der Waals surface area contributed by atoms with Crippen LogP contribution in [0.25, 0.3) is 38.8 Å². The van der Waals surface area contributed by atoms with Crippen molar-refractivity contribution in [2.45, 2.75) is 59.3 Å². The van der Waals surface area contributed by atoms with Crippen LogP contribution >= 0.6 is 0 Å². The van der Waals surface area contributed by atoms with E-state index in [1.54, 1.807) is 12.1 Å². The number of nitrogens with zero attached hydrogens (tertiary/aromatic N) is 4. The Morgan fingerprint density at radius 2 is 1.31 bits per heavy atom. The molecule has 8 aromatic rings. The number of aromatic nitrogens is 2. The molecule has 0 aliphatic carbocycles. The van der Waals surface area contributed by atoms with E-state index in [1.165, 1.54) is 23.3 Å². The van der Waals surface area contributed by atoms with Crippen LogP contribution in [0.4, 0.5) is 27.1 Å². The van der Waals surface area contributed by atoms with Gasteiger partial charge >= 0.3 is 0 Å². The van der Waals surface area contributed by atoms with Crippen molar-refractivity contribution in [1.82, 2.24) is 9.55 Å². The molecule has 2 aromatic heterocycles. The van der Waals surface area contributed by atoms with Crippen molar-refractivity contribution in [3.63, 3.8) is 0 Å². The summed E-state index contributed by atoms with van der Waals surface area (Å²) in [6, 6.07) is 49.6. The molecule has 1 aliphatic rings.